The average Bonchev–Trinajstić information content (AvgIpc) is 2.09. The maximum Gasteiger partial charge on any atom is 0.0585 e. The molecule has 13 heavy (non-hydrogen) atoms. The monoisotopic (exact) mass is 231 g/mol. The smallest absolute Gasteiger partial charge is 0.0585 e. The summed E-state index contributed by atoms with van der Waals surface area (Å²) in [6.07, 6.45) is 0.764. The second kappa shape index (κ2) is 5.36. The SMILES string of the molecule is S=C=NCCc1ccc(Cl)cc1Cl. The fraction of sp³-hybridized carbons (Fsp3) is 0.222. The Labute approximate surface area is 92.4 Å². The third-order valence-electron chi connectivity index (χ3n) is 1.57. The van der Waals surface area contributed by atoms with Gasteiger partial charge in [0, 0.05) is 10.0 Å². The molecule has 1 rings (SSSR count). The molecule has 0 amide bonds. The molecule has 0 saturated heterocycles. The lowest BCUT2D eigenvalue weighted by molar-refractivity contribution is 0.977. The molecule has 0 aliphatic heterocycles. The van der Waals surface area contributed by atoms with E-state index in [1.54, 1.807) is 6.07 Å². The van der Waals surface area contributed by atoms with E-state index in [1.165, 1.54) is 0 Å². The van der Waals surface area contributed by atoms with Gasteiger partial charge in [-0.1, -0.05) is 29.3 Å². The topological polar surface area (TPSA) is 12.4 Å². The Hall–Kier alpha value is -0.400. The van der Waals surface area contributed by atoms with Crippen LogP contribution in [0.3, 0.4) is 0 Å². The molecule has 0 radical (unpaired) electrons. The van der Waals surface area contributed by atoms with Gasteiger partial charge >= 0.3 is 0 Å². The maximum atomic E-state index is 5.94. The van der Waals surface area contributed by atoms with Crippen molar-refractivity contribution in [3.8, 4) is 0 Å². The van der Waals surface area contributed by atoms with Crippen LogP contribution in [0, 0.1) is 0 Å². The lowest BCUT2D eigenvalue weighted by atomic mass is 10.1. The van der Waals surface area contributed by atoms with Crippen molar-refractivity contribution in [2.75, 3.05) is 6.54 Å². The lowest BCUT2D eigenvalue weighted by Crippen LogP contribution is -1.89. The Morgan fingerprint density at radius 3 is 2.77 bits per heavy atom. The summed E-state index contributed by atoms with van der Waals surface area (Å²) in [5.41, 5.74) is 1.03. The minimum atomic E-state index is 0.616. The fourth-order valence-electron chi connectivity index (χ4n) is 0.946. The number of isothiocyanates is 1. The van der Waals surface area contributed by atoms with Gasteiger partial charge in [-0.05, 0) is 36.3 Å². The average molecular weight is 232 g/mol. The molecule has 0 unspecified atom stereocenters. The molecule has 0 fully saturated rings. The van der Waals surface area contributed by atoms with Crippen molar-refractivity contribution in [3.05, 3.63) is 33.8 Å². The summed E-state index contributed by atoms with van der Waals surface area (Å²) in [5, 5.41) is 3.63. The van der Waals surface area contributed by atoms with Crippen molar-refractivity contribution in [1.29, 1.82) is 0 Å². The van der Waals surface area contributed by atoms with Gasteiger partial charge in [0.25, 0.3) is 0 Å². The first-order valence-corrected chi connectivity index (χ1v) is 4.88. The number of hydrogen-bond donors (Lipinski definition) is 0. The van der Waals surface area contributed by atoms with E-state index in [1.807, 2.05) is 12.1 Å². The van der Waals surface area contributed by atoms with Gasteiger partial charge < -0.3 is 0 Å². The van der Waals surface area contributed by atoms with Gasteiger partial charge in [0.2, 0.25) is 0 Å². The molecular formula is C9H7Cl2NS. The number of halogens is 2. The molecule has 0 N–H and O–H groups in total. The normalized spacial score (nSPS) is 9.38. The highest BCUT2D eigenvalue weighted by atomic mass is 35.5. The highest BCUT2D eigenvalue weighted by Crippen LogP contribution is 2.21. The zero-order valence-electron chi connectivity index (χ0n) is 6.76. The third kappa shape index (κ3) is 3.45. The zero-order valence-corrected chi connectivity index (χ0v) is 9.09. The van der Waals surface area contributed by atoms with Crippen LogP contribution in [-0.2, 0) is 6.42 Å². The summed E-state index contributed by atoms with van der Waals surface area (Å²) in [6.45, 7) is 0.616. The van der Waals surface area contributed by atoms with Gasteiger partial charge in [-0.2, -0.15) is 0 Å². The van der Waals surface area contributed by atoms with E-state index in [-0.39, 0.29) is 0 Å². The van der Waals surface area contributed by atoms with E-state index in [0.29, 0.717) is 16.6 Å². The van der Waals surface area contributed by atoms with Crippen molar-refractivity contribution >= 4 is 40.6 Å². The summed E-state index contributed by atoms with van der Waals surface area (Å²) in [4.78, 5) is 3.80. The number of rotatable bonds is 3. The molecule has 0 aromatic heterocycles. The van der Waals surface area contributed by atoms with Crippen LogP contribution in [0.5, 0.6) is 0 Å². The van der Waals surface area contributed by atoms with E-state index in [9.17, 15) is 0 Å². The molecule has 0 spiro atoms. The Bertz CT molecular complexity index is 345. The highest BCUT2D eigenvalue weighted by molar-refractivity contribution is 7.78. The quantitative estimate of drug-likeness (QED) is 0.572. The summed E-state index contributed by atoms with van der Waals surface area (Å²) in [6, 6.07) is 5.42. The molecule has 0 aliphatic carbocycles. The second-order valence-corrected chi connectivity index (χ2v) is 3.48. The molecule has 1 aromatic carbocycles. The highest BCUT2D eigenvalue weighted by Gasteiger charge is 1.99. The Kier molecular flexibility index (Phi) is 4.40. The third-order valence-corrected chi connectivity index (χ3v) is 2.29. The molecule has 1 aromatic rings. The standard InChI is InChI=1S/C9H7Cl2NS/c10-8-2-1-7(9(11)5-8)3-4-12-6-13/h1-2,5H,3-4H2. The summed E-state index contributed by atoms with van der Waals surface area (Å²) < 4.78 is 0. The van der Waals surface area contributed by atoms with Crippen molar-refractivity contribution in [2.45, 2.75) is 6.42 Å². The molecule has 4 heteroatoms. The van der Waals surface area contributed by atoms with Crippen molar-refractivity contribution in [2.24, 2.45) is 4.99 Å². The molecule has 0 aliphatic rings. The van der Waals surface area contributed by atoms with E-state index in [0.717, 1.165) is 12.0 Å². The van der Waals surface area contributed by atoms with Gasteiger partial charge in [-0.3, -0.25) is 0 Å². The second-order valence-electron chi connectivity index (χ2n) is 2.46. The zero-order chi connectivity index (χ0) is 9.68. The van der Waals surface area contributed by atoms with Gasteiger partial charge in [0.15, 0.2) is 0 Å². The van der Waals surface area contributed by atoms with Gasteiger partial charge in [-0.25, -0.2) is 4.99 Å². The minimum absolute atomic E-state index is 0.616. The number of aliphatic imine (C=N–C) groups is 1. The van der Waals surface area contributed by atoms with Crippen LogP contribution in [0.25, 0.3) is 0 Å². The molecule has 0 heterocycles. The molecular weight excluding hydrogens is 225 g/mol. The summed E-state index contributed by atoms with van der Waals surface area (Å²) in [7, 11) is 0. The van der Waals surface area contributed by atoms with Crippen LogP contribution in [0.15, 0.2) is 23.2 Å². The first kappa shape index (κ1) is 10.7. The van der Waals surface area contributed by atoms with E-state index >= 15 is 0 Å². The van der Waals surface area contributed by atoms with Crippen LogP contribution in [0.1, 0.15) is 5.56 Å². The first-order valence-electron chi connectivity index (χ1n) is 3.71. The molecule has 0 atom stereocenters. The van der Waals surface area contributed by atoms with E-state index in [2.05, 4.69) is 22.4 Å². The predicted octanol–water partition coefficient (Wildman–Crippen LogP) is 3.64. The van der Waals surface area contributed by atoms with E-state index < -0.39 is 0 Å². The van der Waals surface area contributed by atoms with Gasteiger partial charge in [0.05, 0.1) is 11.7 Å². The van der Waals surface area contributed by atoms with Gasteiger partial charge in [0.1, 0.15) is 0 Å². The molecule has 0 bridgehead atoms. The minimum Gasteiger partial charge on any atom is -0.232 e. The van der Waals surface area contributed by atoms with Crippen LogP contribution in [-0.4, -0.2) is 11.7 Å². The van der Waals surface area contributed by atoms with Crippen molar-refractivity contribution < 1.29 is 0 Å². The first-order chi connectivity index (χ1) is 6.24. The van der Waals surface area contributed by atoms with Crippen LogP contribution >= 0.6 is 35.4 Å². The van der Waals surface area contributed by atoms with Crippen LogP contribution < -0.4 is 0 Å². The number of benzene rings is 1. The summed E-state index contributed by atoms with van der Waals surface area (Å²) in [5.74, 6) is 0. The van der Waals surface area contributed by atoms with Crippen LogP contribution in [0.2, 0.25) is 10.0 Å². The maximum absolute atomic E-state index is 5.94. The fourth-order valence-corrected chi connectivity index (χ4v) is 1.54. The van der Waals surface area contributed by atoms with E-state index in [4.69, 9.17) is 23.2 Å². The van der Waals surface area contributed by atoms with Crippen LogP contribution in [0.4, 0.5) is 0 Å². The Morgan fingerprint density at radius 1 is 1.38 bits per heavy atom. The Balaban J connectivity index is 2.71. The number of nitrogens with zero attached hydrogens (tertiary/aromatic N) is 1. The molecule has 0 saturated carbocycles. The largest absolute Gasteiger partial charge is 0.232 e. The number of thiocarbonyl (C=S) groups is 1. The van der Waals surface area contributed by atoms with Gasteiger partial charge in [-0.15, -0.1) is 0 Å². The van der Waals surface area contributed by atoms with Crippen molar-refractivity contribution in [3.63, 3.8) is 0 Å². The number of hydrogen-bond acceptors (Lipinski definition) is 2. The predicted molar refractivity (Wildman–Crippen MR) is 60.1 cm³/mol. The lowest BCUT2D eigenvalue weighted by Gasteiger charge is -2.01. The molecule has 68 valence electrons. The summed E-state index contributed by atoms with van der Waals surface area (Å²) >= 11 is 16.1. The van der Waals surface area contributed by atoms with Crippen molar-refractivity contribution in [1.82, 2.24) is 0 Å². The Morgan fingerprint density at radius 2 is 2.15 bits per heavy atom. The molecule has 1 nitrogen and oxygen atoms in total.